The minimum Gasteiger partial charge on any atom is -0.445 e. The van der Waals surface area contributed by atoms with Crippen LogP contribution in [0.15, 0.2) is 48.5 Å². The number of hydrogen-bond donors (Lipinski definition) is 4. The molecule has 3 atom stereocenters. The molecule has 0 spiro atoms. The summed E-state index contributed by atoms with van der Waals surface area (Å²) in [6.07, 6.45) is -1.90. The largest absolute Gasteiger partial charge is 0.445 e. The molecule has 0 aromatic heterocycles. The first kappa shape index (κ1) is 23.9. The molecule has 166 valence electrons. The van der Waals surface area contributed by atoms with Crippen LogP contribution in [0.1, 0.15) is 29.2 Å². The summed E-state index contributed by atoms with van der Waals surface area (Å²) >= 11 is 0. The Hall–Kier alpha value is -3.39. The van der Waals surface area contributed by atoms with Crippen LogP contribution in [-0.4, -0.2) is 41.2 Å². The summed E-state index contributed by atoms with van der Waals surface area (Å²) < 4.78 is 5.10. The molecule has 0 saturated heterocycles. The number of hydrogen-bond acceptors (Lipinski definition) is 5. The molecular formula is C23H29N3O5. The van der Waals surface area contributed by atoms with E-state index in [1.165, 1.54) is 6.92 Å². The Morgan fingerprint density at radius 2 is 1.68 bits per heavy atom. The number of rotatable bonds is 9. The van der Waals surface area contributed by atoms with Crippen molar-refractivity contribution in [2.45, 2.75) is 52.0 Å². The second kappa shape index (κ2) is 11.1. The SMILES string of the molecule is Cc1ccc(C[C@H](NC(=O)[C@@H](NC(=O)OCc2ccccc2)[C@@H](C)O)C(N)=O)cc1C. The molecule has 3 amide bonds. The van der Waals surface area contributed by atoms with E-state index in [0.29, 0.717) is 0 Å². The summed E-state index contributed by atoms with van der Waals surface area (Å²) in [7, 11) is 0. The number of aliphatic hydroxyl groups is 1. The molecule has 31 heavy (non-hydrogen) atoms. The molecule has 0 unspecified atom stereocenters. The highest BCUT2D eigenvalue weighted by Crippen LogP contribution is 2.12. The first-order valence-corrected chi connectivity index (χ1v) is 9.98. The van der Waals surface area contributed by atoms with Crippen LogP contribution in [0.5, 0.6) is 0 Å². The molecule has 8 heteroatoms. The van der Waals surface area contributed by atoms with E-state index in [1.807, 2.05) is 50.2 Å². The van der Waals surface area contributed by atoms with Crippen molar-refractivity contribution in [3.8, 4) is 0 Å². The highest BCUT2D eigenvalue weighted by Gasteiger charge is 2.29. The van der Waals surface area contributed by atoms with E-state index in [2.05, 4.69) is 10.6 Å². The topological polar surface area (TPSA) is 131 Å². The van der Waals surface area contributed by atoms with Crippen LogP contribution in [0.3, 0.4) is 0 Å². The Morgan fingerprint density at radius 3 is 2.26 bits per heavy atom. The highest BCUT2D eigenvalue weighted by molar-refractivity contribution is 5.91. The van der Waals surface area contributed by atoms with Gasteiger partial charge in [0, 0.05) is 6.42 Å². The lowest BCUT2D eigenvalue weighted by Crippen LogP contribution is -2.57. The molecule has 0 saturated carbocycles. The molecule has 0 fully saturated rings. The maximum Gasteiger partial charge on any atom is 0.408 e. The summed E-state index contributed by atoms with van der Waals surface area (Å²) in [6, 6.07) is 12.4. The Morgan fingerprint density at radius 1 is 1.00 bits per heavy atom. The Kier molecular flexibility index (Phi) is 8.57. The van der Waals surface area contributed by atoms with Gasteiger partial charge in [-0.1, -0.05) is 48.5 Å². The second-order valence-corrected chi connectivity index (χ2v) is 7.51. The summed E-state index contributed by atoms with van der Waals surface area (Å²) in [4.78, 5) is 36.7. The first-order valence-electron chi connectivity index (χ1n) is 9.98. The van der Waals surface area contributed by atoms with Crippen LogP contribution >= 0.6 is 0 Å². The number of ether oxygens (including phenoxy) is 1. The van der Waals surface area contributed by atoms with E-state index in [-0.39, 0.29) is 13.0 Å². The predicted octanol–water partition coefficient (Wildman–Crippen LogP) is 1.49. The average molecular weight is 428 g/mol. The number of nitrogens with two attached hydrogens (primary N) is 1. The third-order valence-corrected chi connectivity index (χ3v) is 4.92. The van der Waals surface area contributed by atoms with Crippen molar-refractivity contribution in [3.05, 3.63) is 70.8 Å². The zero-order valence-corrected chi connectivity index (χ0v) is 17.9. The number of aliphatic hydroxyl groups excluding tert-OH is 1. The summed E-state index contributed by atoms with van der Waals surface area (Å²) in [5, 5.41) is 14.8. The zero-order valence-electron chi connectivity index (χ0n) is 17.9. The minimum absolute atomic E-state index is 0.0114. The standard InChI is InChI=1S/C23H29N3O5/c1-14-9-10-18(11-15(14)2)12-19(21(24)28)25-22(29)20(16(3)27)26-23(30)31-13-17-7-5-4-6-8-17/h4-11,16,19-20,27H,12-13H2,1-3H3,(H2,24,28)(H,25,29)(H,26,30)/t16-,19+,20+/m1/s1. The average Bonchev–Trinajstić information content (AvgIpc) is 2.73. The quantitative estimate of drug-likeness (QED) is 0.482. The third kappa shape index (κ3) is 7.42. The van der Waals surface area contributed by atoms with E-state index in [1.54, 1.807) is 12.1 Å². The van der Waals surface area contributed by atoms with E-state index in [9.17, 15) is 19.5 Å². The molecule has 2 rings (SSSR count). The molecule has 0 bridgehead atoms. The first-order chi connectivity index (χ1) is 14.7. The number of primary amides is 1. The molecule has 2 aromatic rings. The number of nitrogens with one attached hydrogen (secondary N) is 2. The molecule has 8 nitrogen and oxygen atoms in total. The Bertz CT molecular complexity index is 915. The number of benzene rings is 2. The molecular weight excluding hydrogens is 398 g/mol. The Labute approximate surface area is 181 Å². The molecule has 2 aromatic carbocycles. The van der Waals surface area contributed by atoms with Gasteiger partial charge in [0.05, 0.1) is 6.10 Å². The van der Waals surface area contributed by atoms with Crippen LogP contribution in [-0.2, 0) is 27.4 Å². The van der Waals surface area contributed by atoms with Crippen LogP contribution in [0.25, 0.3) is 0 Å². The predicted molar refractivity (Wildman–Crippen MR) is 116 cm³/mol. The van der Waals surface area contributed by atoms with E-state index >= 15 is 0 Å². The summed E-state index contributed by atoms with van der Waals surface area (Å²) in [6.45, 7) is 5.29. The fourth-order valence-corrected chi connectivity index (χ4v) is 2.95. The smallest absolute Gasteiger partial charge is 0.408 e. The number of carbonyl (C=O) groups excluding carboxylic acids is 3. The van der Waals surface area contributed by atoms with E-state index in [4.69, 9.17) is 10.5 Å². The number of alkyl carbamates (subject to hydrolysis) is 1. The van der Waals surface area contributed by atoms with Crippen molar-refractivity contribution < 1.29 is 24.2 Å². The molecule has 0 aliphatic rings. The van der Waals surface area contributed by atoms with Crippen molar-refractivity contribution in [1.29, 1.82) is 0 Å². The lowest BCUT2D eigenvalue weighted by atomic mass is 10.00. The van der Waals surface area contributed by atoms with Crippen LogP contribution < -0.4 is 16.4 Å². The van der Waals surface area contributed by atoms with Gasteiger partial charge in [0.1, 0.15) is 18.7 Å². The number of aryl methyl sites for hydroxylation is 2. The van der Waals surface area contributed by atoms with Crippen molar-refractivity contribution in [2.24, 2.45) is 5.73 Å². The van der Waals surface area contributed by atoms with Crippen molar-refractivity contribution >= 4 is 17.9 Å². The maximum atomic E-state index is 12.7. The van der Waals surface area contributed by atoms with Gasteiger partial charge in [0.25, 0.3) is 0 Å². The highest BCUT2D eigenvalue weighted by atomic mass is 16.5. The lowest BCUT2D eigenvalue weighted by Gasteiger charge is -2.23. The maximum absolute atomic E-state index is 12.7. The fourth-order valence-electron chi connectivity index (χ4n) is 2.95. The van der Waals surface area contributed by atoms with Gasteiger partial charge in [-0.2, -0.15) is 0 Å². The second-order valence-electron chi connectivity index (χ2n) is 7.51. The fraction of sp³-hybridized carbons (Fsp3) is 0.348. The third-order valence-electron chi connectivity index (χ3n) is 4.92. The molecule has 0 heterocycles. The molecule has 0 radical (unpaired) electrons. The van der Waals surface area contributed by atoms with Crippen molar-refractivity contribution in [3.63, 3.8) is 0 Å². The van der Waals surface area contributed by atoms with Gasteiger partial charge in [-0.05, 0) is 43.0 Å². The van der Waals surface area contributed by atoms with Crippen molar-refractivity contribution in [1.82, 2.24) is 10.6 Å². The van der Waals surface area contributed by atoms with Gasteiger partial charge in [0.2, 0.25) is 11.8 Å². The van der Waals surface area contributed by atoms with Gasteiger partial charge < -0.3 is 26.2 Å². The van der Waals surface area contributed by atoms with Gasteiger partial charge in [-0.15, -0.1) is 0 Å². The van der Waals surface area contributed by atoms with E-state index in [0.717, 1.165) is 22.3 Å². The van der Waals surface area contributed by atoms with Crippen LogP contribution in [0.2, 0.25) is 0 Å². The Balaban J connectivity index is 2.00. The summed E-state index contributed by atoms with van der Waals surface area (Å²) in [5.41, 5.74) is 9.23. The lowest BCUT2D eigenvalue weighted by molar-refractivity contribution is -0.130. The molecule has 5 N–H and O–H groups in total. The number of amides is 3. The van der Waals surface area contributed by atoms with Gasteiger partial charge in [0.15, 0.2) is 0 Å². The van der Waals surface area contributed by atoms with Crippen LogP contribution in [0.4, 0.5) is 4.79 Å². The zero-order chi connectivity index (χ0) is 23.0. The summed E-state index contributed by atoms with van der Waals surface area (Å²) in [5.74, 6) is -1.46. The monoisotopic (exact) mass is 427 g/mol. The molecule has 0 aliphatic carbocycles. The van der Waals surface area contributed by atoms with E-state index < -0.39 is 36.1 Å². The van der Waals surface area contributed by atoms with Crippen LogP contribution in [0, 0.1) is 13.8 Å². The minimum atomic E-state index is -1.31. The normalized spacial score (nSPS) is 13.5. The molecule has 0 aliphatic heterocycles. The van der Waals surface area contributed by atoms with Gasteiger partial charge in [-0.3, -0.25) is 9.59 Å². The van der Waals surface area contributed by atoms with Gasteiger partial charge >= 0.3 is 6.09 Å². The number of carbonyl (C=O) groups is 3. The van der Waals surface area contributed by atoms with Gasteiger partial charge in [-0.25, -0.2) is 4.79 Å². The van der Waals surface area contributed by atoms with Crippen molar-refractivity contribution in [2.75, 3.05) is 0 Å².